The van der Waals surface area contributed by atoms with Crippen LogP contribution in [0.2, 0.25) is 5.02 Å². The highest BCUT2D eigenvalue weighted by Gasteiger charge is 2.47. The van der Waals surface area contributed by atoms with Gasteiger partial charge in [0.05, 0.1) is 15.9 Å². The number of piperidine rings is 1. The molecule has 2 aliphatic rings. The molecule has 0 N–H and O–H groups in total. The van der Waals surface area contributed by atoms with E-state index in [0.29, 0.717) is 35.0 Å². The van der Waals surface area contributed by atoms with E-state index in [2.05, 4.69) is 11.8 Å². The van der Waals surface area contributed by atoms with Gasteiger partial charge in [-0.1, -0.05) is 30.7 Å². The van der Waals surface area contributed by atoms with Crippen LogP contribution in [0.25, 0.3) is 0 Å². The van der Waals surface area contributed by atoms with Crippen LogP contribution in [-0.2, 0) is 6.42 Å². The number of ketones is 1. The number of nitro groups is 1. The van der Waals surface area contributed by atoms with Crippen molar-refractivity contribution < 1.29 is 14.5 Å². The van der Waals surface area contributed by atoms with Crippen LogP contribution in [0.3, 0.4) is 0 Å². The van der Waals surface area contributed by atoms with Crippen molar-refractivity contribution in [3.63, 3.8) is 0 Å². The Morgan fingerprint density at radius 1 is 1.29 bits per heavy atom. The number of likely N-dealkylation sites (tertiary alicyclic amines) is 1. The Hall–Kier alpha value is -2.44. The highest BCUT2D eigenvalue weighted by Crippen LogP contribution is 2.43. The molecule has 0 bridgehead atoms. The zero-order valence-corrected chi connectivity index (χ0v) is 18.7. The lowest BCUT2D eigenvalue weighted by Crippen LogP contribution is -2.52. The molecule has 0 aliphatic carbocycles. The molecule has 0 unspecified atom stereocenters. The molecule has 164 valence electrons. The zero-order valence-electron chi connectivity index (χ0n) is 17.9. The van der Waals surface area contributed by atoms with E-state index >= 15 is 0 Å². The maximum Gasteiger partial charge on any atom is 0.311 e. The summed E-state index contributed by atoms with van der Waals surface area (Å²) in [5.74, 6) is 0.602. The van der Waals surface area contributed by atoms with E-state index in [1.807, 2.05) is 24.3 Å². The van der Waals surface area contributed by atoms with E-state index in [0.717, 1.165) is 25.1 Å². The number of Topliss-reactive ketones (excluding diaryl/α,β-unsaturated/α-hetero) is 1. The van der Waals surface area contributed by atoms with E-state index < -0.39 is 10.3 Å². The average molecular weight is 443 g/mol. The lowest BCUT2D eigenvalue weighted by molar-refractivity contribution is -0.386. The van der Waals surface area contributed by atoms with Crippen molar-refractivity contribution in [3.05, 3.63) is 68.2 Å². The van der Waals surface area contributed by atoms with Gasteiger partial charge in [0.15, 0.2) is 5.78 Å². The minimum atomic E-state index is -0.806. The average Bonchev–Trinajstić information content (AvgIpc) is 2.72. The number of benzene rings is 2. The number of nitrogens with zero attached hydrogens (tertiary/aromatic N) is 2. The topological polar surface area (TPSA) is 72.7 Å². The fraction of sp³-hybridized carbons (Fsp3) is 0.458. The summed E-state index contributed by atoms with van der Waals surface area (Å²) >= 11 is 6.06. The van der Waals surface area contributed by atoms with Gasteiger partial charge < -0.3 is 9.64 Å². The van der Waals surface area contributed by atoms with Gasteiger partial charge in [-0.3, -0.25) is 14.9 Å². The number of rotatable bonds is 5. The van der Waals surface area contributed by atoms with Gasteiger partial charge in [0.2, 0.25) is 5.75 Å². The lowest BCUT2D eigenvalue weighted by atomic mass is 9.73. The van der Waals surface area contributed by atoms with Crippen LogP contribution < -0.4 is 4.74 Å². The number of carbonyl (C=O) groups is 1. The third-order valence-electron chi connectivity index (χ3n) is 6.35. The summed E-state index contributed by atoms with van der Waals surface area (Å²) in [4.78, 5) is 27.4. The minimum absolute atomic E-state index is 0.0753. The van der Waals surface area contributed by atoms with E-state index in [-0.39, 0.29) is 23.8 Å². The molecular formula is C24H27ClN2O4. The van der Waals surface area contributed by atoms with Gasteiger partial charge >= 0.3 is 5.69 Å². The summed E-state index contributed by atoms with van der Waals surface area (Å²) in [5, 5.41) is 12.2. The van der Waals surface area contributed by atoms with Crippen LogP contribution in [-0.4, -0.2) is 41.8 Å². The standard InChI is InChI=1S/C24H27ClN2O4/c1-16-4-3-9-26(13-16)14-24(12-18-5-7-19(25)8-6-18)15-31-22-20(23(24)28)10-17(2)11-21(22)27(29)30/h5-8,10-11,16H,3-4,9,12-15H2,1-2H3/t16-,24+/m1/s1. The molecule has 0 amide bonds. The van der Waals surface area contributed by atoms with Crippen molar-refractivity contribution in [2.45, 2.75) is 33.1 Å². The van der Waals surface area contributed by atoms with Crippen LogP contribution in [0.1, 0.15) is 41.3 Å². The van der Waals surface area contributed by atoms with Crippen molar-refractivity contribution in [3.8, 4) is 5.75 Å². The quantitative estimate of drug-likeness (QED) is 0.476. The molecule has 4 rings (SSSR count). The monoisotopic (exact) mass is 442 g/mol. The first-order chi connectivity index (χ1) is 14.8. The van der Waals surface area contributed by atoms with Crippen LogP contribution >= 0.6 is 11.6 Å². The molecule has 7 heteroatoms. The molecule has 0 aromatic heterocycles. The summed E-state index contributed by atoms with van der Waals surface area (Å²) in [6.07, 6.45) is 2.79. The largest absolute Gasteiger partial charge is 0.485 e. The Kier molecular flexibility index (Phi) is 6.04. The molecular weight excluding hydrogens is 416 g/mol. The smallest absolute Gasteiger partial charge is 0.311 e. The maximum absolute atomic E-state index is 13.9. The second-order valence-corrected chi connectivity index (χ2v) is 9.54. The molecule has 0 saturated carbocycles. The van der Waals surface area contributed by atoms with Crippen LogP contribution in [0.15, 0.2) is 36.4 Å². The highest BCUT2D eigenvalue weighted by molar-refractivity contribution is 6.30. The number of ether oxygens (including phenoxy) is 1. The molecule has 6 nitrogen and oxygen atoms in total. The fourth-order valence-electron chi connectivity index (χ4n) is 4.93. The molecule has 0 spiro atoms. The number of hydrogen-bond donors (Lipinski definition) is 0. The van der Waals surface area contributed by atoms with Crippen molar-refractivity contribution in [1.29, 1.82) is 0 Å². The Morgan fingerprint density at radius 3 is 2.71 bits per heavy atom. The summed E-state index contributed by atoms with van der Waals surface area (Å²) in [7, 11) is 0. The van der Waals surface area contributed by atoms with Crippen molar-refractivity contribution in [1.82, 2.24) is 4.90 Å². The molecule has 2 aromatic rings. The lowest BCUT2D eigenvalue weighted by Gasteiger charge is -2.42. The predicted octanol–water partition coefficient (Wildman–Crippen LogP) is 5.09. The Labute approximate surface area is 187 Å². The first kappa shape index (κ1) is 21.8. The Morgan fingerprint density at radius 2 is 2.03 bits per heavy atom. The maximum atomic E-state index is 13.9. The SMILES string of the molecule is Cc1cc2c(c([N+](=O)[O-])c1)OC[C@](Cc1ccc(Cl)cc1)(CN1CCC[C@@H](C)C1)C2=O. The summed E-state index contributed by atoms with van der Waals surface area (Å²) < 4.78 is 6.01. The highest BCUT2D eigenvalue weighted by atomic mass is 35.5. The first-order valence-corrected chi connectivity index (χ1v) is 11.1. The minimum Gasteiger partial charge on any atom is -0.485 e. The summed E-state index contributed by atoms with van der Waals surface area (Å²) in [6, 6.07) is 10.7. The van der Waals surface area contributed by atoms with Crippen LogP contribution in [0, 0.1) is 28.4 Å². The van der Waals surface area contributed by atoms with Crippen LogP contribution in [0.4, 0.5) is 5.69 Å². The van der Waals surface area contributed by atoms with Crippen LogP contribution in [0.5, 0.6) is 5.75 Å². The second kappa shape index (κ2) is 8.60. The normalized spacial score (nSPS) is 23.8. The van der Waals surface area contributed by atoms with E-state index in [4.69, 9.17) is 16.3 Å². The third kappa shape index (κ3) is 4.46. The number of nitro benzene ring substituents is 1. The first-order valence-electron chi connectivity index (χ1n) is 10.7. The van der Waals surface area contributed by atoms with Gasteiger partial charge in [0.1, 0.15) is 6.61 Å². The van der Waals surface area contributed by atoms with E-state index in [1.54, 1.807) is 13.0 Å². The van der Waals surface area contributed by atoms with Gasteiger partial charge in [0, 0.05) is 24.2 Å². The Balaban J connectivity index is 1.74. The van der Waals surface area contributed by atoms with Gasteiger partial charge in [0.25, 0.3) is 0 Å². The molecule has 2 heterocycles. The predicted molar refractivity (Wildman–Crippen MR) is 120 cm³/mol. The zero-order chi connectivity index (χ0) is 22.2. The molecule has 1 fully saturated rings. The number of fused-ring (bicyclic) bond motifs is 1. The summed E-state index contributed by atoms with van der Waals surface area (Å²) in [6.45, 7) is 6.58. The van der Waals surface area contributed by atoms with E-state index in [9.17, 15) is 14.9 Å². The fourth-order valence-corrected chi connectivity index (χ4v) is 5.05. The van der Waals surface area contributed by atoms with Gasteiger partial charge in [-0.25, -0.2) is 0 Å². The van der Waals surface area contributed by atoms with Crippen molar-refractivity contribution in [2.75, 3.05) is 26.2 Å². The van der Waals surface area contributed by atoms with Crippen molar-refractivity contribution in [2.24, 2.45) is 11.3 Å². The van der Waals surface area contributed by atoms with Gasteiger partial charge in [-0.2, -0.15) is 0 Å². The third-order valence-corrected chi connectivity index (χ3v) is 6.60. The molecule has 0 radical (unpaired) electrons. The number of hydrogen-bond acceptors (Lipinski definition) is 5. The van der Waals surface area contributed by atoms with Gasteiger partial charge in [-0.05, 0) is 68.0 Å². The molecule has 2 aromatic carbocycles. The molecule has 1 saturated heterocycles. The second-order valence-electron chi connectivity index (χ2n) is 9.10. The summed E-state index contributed by atoms with van der Waals surface area (Å²) in [5.41, 5.74) is 1.04. The molecule has 2 aliphatic heterocycles. The van der Waals surface area contributed by atoms with Crippen molar-refractivity contribution >= 4 is 23.1 Å². The number of halogens is 1. The molecule has 2 atom stereocenters. The van der Waals surface area contributed by atoms with E-state index in [1.165, 1.54) is 12.5 Å². The number of carbonyl (C=O) groups excluding carboxylic acids is 1. The number of aryl methyl sites for hydroxylation is 1. The Bertz CT molecular complexity index is 1010. The van der Waals surface area contributed by atoms with Gasteiger partial charge in [-0.15, -0.1) is 0 Å². The molecule has 31 heavy (non-hydrogen) atoms.